The van der Waals surface area contributed by atoms with E-state index in [-0.39, 0.29) is 11.9 Å². The Morgan fingerprint density at radius 2 is 0.492 bits per heavy atom. The minimum Gasteiger partial charge on any atom is -0.469 e. The number of Topliss-reactive ketones (excluding diaryl/α,β-unsaturated/α-hetero) is 1. The molecule has 0 saturated carbocycles. The van der Waals surface area contributed by atoms with Crippen molar-refractivity contribution in [1.29, 1.82) is 0 Å². The van der Waals surface area contributed by atoms with Crippen LogP contribution in [0.2, 0.25) is 0 Å². The number of carbonyl (C=O) groups is 3. The van der Waals surface area contributed by atoms with Crippen LogP contribution in [0.25, 0.3) is 0 Å². The fourth-order valence-electron chi connectivity index (χ4n) is 7.15. The van der Waals surface area contributed by atoms with E-state index in [4.69, 9.17) is 0 Å². The van der Waals surface area contributed by atoms with Crippen molar-refractivity contribution in [2.45, 2.75) is 291 Å². The number of ketones is 1. The molecular weight excluding hydrogens is 753 g/mol. The second-order valence-corrected chi connectivity index (χ2v) is 17.5. The molecule has 360 valence electrons. The summed E-state index contributed by atoms with van der Waals surface area (Å²) in [5.41, 5.74) is 0. The van der Waals surface area contributed by atoms with E-state index in [1.165, 1.54) is 226 Å². The van der Waals surface area contributed by atoms with Gasteiger partial charge < -0.3 is 14.3 Å². The summed E-state index contributed by atoms with van der Waals surface area (Å²) >= 11 is 0. The van der Waals surface area contributed by atoms with E-state index in [2.05, 4.69) is 66.7 Å². The van der Waals surface area contributed by atoms with Crippen molar-refractivity contribution < 1.29 is 23.9 Å². The Kier molecular flexibility index (Phi) is 62.0. The van der Waals surface area contributed by atoms with Crippen LogP contribution < -0.4 is 0 Å². The standard InChI is InChI=1S/C20H36O3.C19H36O2.C17H34/c1-19(21)17-15-13-11-9-7-5-3-4-6-8-10-12-14-16-18-20(22)23-2;1-3-4-5-6-7-8-9-10-11-12-13-14-15-16-17-18-19(20)21-2;1-3-5-7-9-11-13-15-17-16-14-12-10-8-6-4-2/h3-4H,5-18H2,1-2H3;10-11H,3-9,12-18H2,1-2H3;15,17H,3-14,16H2,1-2H3/b4-3+;11-10-;17-15+. The van der Waals surface area contributed by atoms with Crippen LogP contribution in [0, 0.1) is 0 Å². The largest absolute Gasteiger partial charge is 0.469 e. The van der Waals surface area contributed by atoms with Crippen LogP contribution in [0.4, 0.5) is 0 Å². The first kappa shape index (κ1) is 63.1. The molecule has 0 aliphatic rings. The van der Waals surface area contributed by atoms with Gasteiger partial charge in [0, 0.05) is 19.3 Å². The zero-order valence-corrected chi connectivity index (χ0v) is 42.0. The van der Waals surface area contributed by atoms with Gasteiger partial charge in [-0.1, -0.05) is 205 Å². The number of unbranched alkanes of at least 4 members (excludes halogenated alkanes) is 32. The fraction of sp³-hybridized carbons (Fsp3) is 0.839. The van der Waals surface area contributed by atoms with E-state index in [1.54, 1.807) is 6.92 Å². The SMILES string of the molecule is CCCCCCC/C=C/CCCCCCCC.CCCCCCCC/C=C\CCCCCCCC(=O)OC.COC(=O)CCCCCCC/C=C/CCCCCCCC(C)=O. The molecule has 5 heteroatoms. The van der Waals surface area contributed by atoms with E-state index in [1.807, 2.05) is 0 Å². The normalized spacial score (nSPS) is 11.2. The smallest absolute Gasteiger partial charge is 0.305 e. The van der Waals surface area contributed by atoms with E-state index < -0.39 is 0 Å². The number of rotatable bonds is 44. The lowest BCUT2D eigenvalue weighted by molar-refractivity contribution is -0.141. The van der Waals surface area contributed by atoms with Crippen LogP contribution >= 0.6 is 0 Å². The van der Waals surface area contributed by atoms with Crippen molar-refractivity contribution in [3.05, 3.63) is 36.5 Å². The number of hydrogen-bond donors (Lipinski definition) is 0. The average Bonchev–Trinajstić information content (AvgIpc) is 3.26. The molecule has 0 aliphatic carbocycles. The zero-order chi connectivity index (χ0) is 45.4. The highest BCUT2D eigenvalue weighted by atomic mass is 16.5. The zero-order valence-electron chi connectivity index (χ0n) is 42.0. The maximum Gasteiger partial charge on any atom is 0.305 e. The number of hydrogen-bond acceptors (Lipinski definition) is 5. The Hall–Kier alpha value is -2.17. The van der Waals surface area contributed by atoms with Gasteiger partial charge in [0.25, 0.3) is 0 Å². The van der Waals surface area contributed by atoms with Gasteiger partial charge in [-0.15, -0.1) is 0 Å². The molecule has 0 amide bonds. The summed E-state index contributed by atoms with van der Waals surface area (Å²) in [6.45, 7) is 8.50. The number of esters is 2. The third-order valence-corrected chi connectivity index (χ3v) is 11.3. The van der Waals surface area contributed by atoms with E-state index in [9.17, 15) is 14.4 Å². The van der Waals surface area contributed by atoms with Crippen molar-refractivity contribution in [2.75, 3.05) is 14.2 Å². The van der Waals surface area contributed by atoms with Gasteiger partial charge >= 0.3 is 11.9 Å². The van der Waals surface area contributed by atoms with Crippen molar-refractivity contribution in [1.82, 2.24) is 0 Å². The average molecular weight is 859 g/mol. The molecule has 0 aliphatic heterocycles. The molecule has 0 saturated heterocycles. The molecule has 0 bridgehead atoms. The topological polar surface area (TPSA) is 69.7 Å². The molecular formula is C56H106O5. The van der Waals surface area contributed by atoms with Crippen LogP contribution in [-0.2, 0) is 23.9 Å². The minimum absolute atomic E-state index is 0.0763. The van der Waals surface area contributed by atoms with Crippen LogP contribution in [0.1, 0.15) is 291 Å². The van der Waals surface area contributed by atoms with Crippen LogP contribution in [0.5, 0.6) is 0 Å². The molecule has 0 rings (SSSR count). The highest BCUT2D eigenvalue weighted by Crippen LogP contribution is 2.13. The molecule has 0 aromatic carbocycles. The second kappa shape index (κ2) is 59.9. The Bertz CT molecular complexity index is 951. The first-order chi connectivity index (χ1) is 29.9. The first-order valence-corrected chi connectivity index (χ1v) is 26.5. The lowest BCUT2D eigenvalue weighted by Crippen LogP contribution is -1.98. The van der Waals surface area contributed by atoms with Gasteiger partial charge in [0.15, 0.2) is 0 Å². The van der Waals surface area contributed by atoms with Crippen molar-refractivity contribution in [3.8, 4) is 0 Å². The molecule has 0 N–H and O–H groups in total. The summed E-state index contributed by atoms with van der Waals surface area (Å²) in [6.07, 6.45) is 65.1. The van der Waals surface area contributed by atoms with Crippen LogP contribution in [-0.4, -0.2) is 31.9 Å². The van der Waals surface area contributed by atoms with Gasteiger partial charge in [-0.2, -0.15) is 0 Å². The quantitative estimate of drug-likeness (QED) is 0.0347. The Balaban J connectivity index is -0.000000837. The summed E-state index contributed by atoms with van der Waals surface area (Å²) in [5, 5.41) is 0. The molecule has 0 aromatic rings. The highest BCUT2D eigenvalue weighted by molar-refractivity contribution is 5.75. The summed E-state index contributed by atoms with van der Waals surface area (Å²) in [7, 11) is 2.91. The molecule has 0 heterocycles. The second-order valence-electron chi connectivity index (χ2n) is 17.5. The number of allylic oxidation sites excluding steroid dienone is 6. The van der Waals surface area contributed by atoms with E-state index in [0.29, 0.717) is 18.6 Å². The van der Waals surface area contributed by atoms with E-state index in [0.717, 1.165) is 38.5 Å². The molecule has 0 fully saturated rings. The first-order valence-electron chi connectivity index (χ1n) is 26.5. The third-order valence-electron chi connectivity index (χ3n) is 11.3. The van der Waals surface area contributed by atoms with Gasteiger partial charge in [0.2, 0.25) is 0 Å². The fourth-order valence-corrected chi connectivity index (χ4v) is 7.15. The van der Waals surface area contributed by atoms with Crippen LogP contribution in [0.3, 0.4) is 0 Å². The molecule has 0 unspecified atom stereocenters. The summed E-state index contributed by atoms with van der Waals surface area (Å²) in [5.74, 6) is 0.149. The Labute approximate surface area is 381 Å². The minimum atomic E-state index is -0.0909. The number of carbonyl (C=O) groups excluding carboxylic acids is 3. The van der Waals surface area contributed by atoms with Gasteiger partial charge in [-0.3, -0.25) is 9.59 Å². The summed E-state index contributed by atoms with van der Waals surface area (Å²) < 4.78 is 9.24. The molecule has 61 heavy (non-hydrogen) atoms. The third kappa shape index (κ3) is 67.1. The lowest BCUT2D eigenvalue weighted by Gasteiger charge is -2.00. The predicted molar refractivity (Wildman–Crippen MR) is 268 cm³/mol. The Morgan fingerprint density at radius 1 is 0.295 bits per heavy atom. The van der Waals surface area contributed by atoms with Gasteiger partial charge in [0.1, 0.15) is 5.78 Å². The lowest BCUT2D eigenvalue weighted by atomic mass is 10.1. The van der Waals surface area contributed by atoms with Crippen molar-refractivity contribution >= 4 is 17.7 Å². The van der Waals surface area contributed by atoms with Crippen molar-refractivity contribution in [3.63, 3.8) is 0 Å². The number of methoxy groups -OCH3 is 2. The van der Waals surface area contributed by atoms with Gasteiger partial charge in [-0.05, 0) is 103 Å². The molecule has 0 spiro atoms. The number of ether oxygens (including phenoxy) is 2. The van der Waals surface area contributed by atoms with Crippen LogP contribution in [0.15, 0.2) is 36.5 Å². The van der Waals surface area contributed by atoms with Crippen molar-refractivity contribution in [2.24, 2.45) is 0 Å². The molecule has 0 aromatic heterocycles. The van der Waals surface area contributed by atoms with Gasteiger partial charge in [0.05, 0.1) is 14.2 Å². The monoisotopic (exact) mass is 859 g/mol. The molecule has 0 radical (unpaired) electrons. The summed E-state index contributed by atoms with van der Waals surface area (Å²) in [4.78, 5) is 32.6. The highest BCUT2D eigenvalue weighted by Gasteiger charge is 2.00. The summed E-state index contributed by atoms with van der Waals surface area (Å²) in [6, 6.07) is 0. The van der Waals surface area contributed by atoms with E-state index >= 15 is 0 Å². The maximum absolute atomic E-state index is 10.9. The molecule has 0 atom stereocenters. The Morgan fingerprint density at radius 3 is 0.705 bits per heavy atom. The maximum atomic E-state index is 10.9. The predicted octanol–water partition coefficient (Wildman–Crippen LogP) is 18.6. The van der Waals surface area contributed by atoms with Gasteiger partial charge in [-0.25, -0.2) is 0 Å². The molecule has 5 nitrogen and oxygen atoms in total.